The Kier molecular flexibility index (Phi) is 3.25. The maximum Gasteiger partial charge on any atom is 0.152 e. The number of nitrogens with zero attached hydrogens (tertiary/aromatic N) is 4. The molecule has 0 amide bonds. The Morgan fingerprint density at radius 1 is 1.39 bits per heavy atom. The number of hydrogen-bond acceptors (Lipinski definition) is 4. The molecule has 1 unspecified atom stereocenters. The third-order valence-corrected chi connectivity index (χ3v) is 3.16. The van der Waals surface area contributed by atoms with Crippen LogP contribution in [0.1, 0.15) is 25.5 Å². The predicted octanol–water partition coefficient (Wildman–Crippen LogP) is 2.69. The maximum atomic E-state index is 5.82. The highest BCUT2D eigenvalue weighted by molar-refractivity contribution is 6.29. The van der Waals surface area contributed by atoms with Crippen molar-refractivity contribution in [1.29, 1.82) is 0 Å². The molecule has 0 bridgehead atoms. The first-order valence-electron chi connectivity index (χ1n) is 5.98. The summed E-state index contributed by atoms with van der Waals surface area (Å²) in [4.78, 5) is 0. The van der Waals surface area contributed by atoms with Crippen molar-refractivity contribution in [3.63, 3.8) is 0 Å². The monoisotopic (exact) mass is 264 g/mol. The predicted molar refractivity (Wildman–Crippen MR) is 67.1 cm³/mol. The van der Waals surface area contributed by atoms with Crippen molar-refractivity contribution < 1.29 is 4.74 Å². The van der Waals surface area contributed by atoms with Gasteiger partial charge in [-0.1, -0.05) is 11.6 Å². The van der Waals surface area contributed by atoms with Gasteiger partial charge in [-0.3, -0.25) is 0 Å². The molecule has 0 aliphatic carbocycles. The van der Waals surface area contributed by atoms with Crippen LogP contribution in [0.25, 0.3) is 11.3 Å². The highest BCUT2D eigenvalue weighted by atomic mass is 35.5. The second kappa shape index (κ2) is 5.04. The van der Waals surface area contributed by atoms with Gasteiger partial charge in [0.15, 0.2) is 5.15 Å². The SMILES string of the molecule is Clc1cc(-c2ccn(C3CCCCO3)n2)cnn1. The molecule has 1 fully saturated rings. The molecule has 2 aromatic rings. The van der Waals surface area contributed by atoms with Gasteiger partial charge >= 0.3 is 0 Å². The average Bonchev–Trinajstić information content (AvgIpc) is 2.89. The molecule has 18 heavy (non-hydrogen) atoms. The summed E-state index contributed by atoms with van der Waals surface area (Å²) in [5, 5.41) is 12.4. The lowest BCUT2D eigenvalue weighted by Crippen LogP contribution is -2.18. The minimum Gasteiger partial charge on any atom is -0.357 e. The standard InChI is InChI=1S/C12H13ClN4O/c13-11-7-9(8-14-15-11)10-4-5-17(16-10)12-3-1-2-6-18-12/h4-5,7-8,12H,1-3,6H2. The van der Waals surface area contributed by atoms with E-state index in [9.17, 15) is 0 Å². The molecule has 3 rings (SSSR count). The van der Waals surface area contributed by atoms with Crippen molar-refractivity contribution in [3.8, 4) is 11.3 Å². The van der Waals surface area contributed by atoms with Crippen molar-refractivity contribution >= 4 is 11.6 Å². The number of hydrogen-bond donors (Lipinski definition) is 0. The van der Waals surface area contributed by atoms with Crippen LogP contribution in [0, 0.1) is 0 Å². The van der Waals surface area contributed by atoms with E-state index in [0.29, 0.717) is 5.15 Å². The molecule has 5 nitrogen and oxygen atoms in total. The van der Waals surface area contributed by atoms with Crippen LogP contribution in [-0.4, -0.2) is 26.6 Å². The van der Waals surface area contributed by atoms with E-state index in [1.54, 1.807) is 12.3 Å². The Morgan fingerprint density at radius 2 is 2.33 bits per heavy atom. The van der Waals surface area contributed by atoms with Gasteiger partial charge in [-0.2, -0.15) is 10.2 Å². The summed E-state index contributed by atoms with van der Waals surface area (Å²) in [6.45, 7) is 0.808. The summed E-state index contributed by atoms with van der Waals surface area (Å²) in [7, 11) is 0. The first kappa shape index (κ1) is 11.6. The lowest BCUT2D eigenvalue weighted by Gasteiger charge is -2.22. The number of ether oxygens (including phenoxy) is 1. The normalized spacial score (nSPS) is 19.9. The molecule has 0 saturated carbocycles. The average molecular weight is 265 g/mol. The molecular formula is C12H13ClN4O. The minimum absolute atomic E-state index is 0.0535. The zero-order valence-corrected chi connectivity index (χ0v) is 10.5. The van der Waals surface area contributed by atoms with E-state index in [1.165, 1.54) is 6.42 Å². The fraction of sp³-hybridized carbons (Fsp3) is 0.417. The summed E-state index contributed by atoms with van der Waals surface area (Å²) in [6, 6.07) is 3.69. The van der Waals surface area contributed by atoms with Crippen molar-refractivity contribution in [2.45, 2.75) is 25.5 Å². The fourth-order valence-electron chi connectivity index (χ4n) is 2.07. The third kappa shape index (κ3) is 2.37. The molecular weight excluding hydrogens is 252 g/mol. The largest absolute Gasteiger partial charge is 0.357 e. The molecule has 2 aromatic heterocycles. The van der Waals surface area contributed by atoms with Crippen LogP contribution in [-0.2, 0) is 4.74 Å². The number of halogens is 1. The topological polar surface area (TPSA) is 52.8 Å². The fourth-order valence-corrected chi connectivity index (χ4v) is 2.23. The zero-order valence-electron chi connectivity index (χ0n) is 9.79. The van der Waals surface area contributed by atoms with Crippen molar-refractivity contribution in [2.24, 2.45) is 0 Å². The van der Waals surface area contributed by atoms with Gasteiger partial charge in [0.2, 0.25) is 0 Å². The summed E-state index contributed by atoms with van der Waals surface area (Å²) < 4.78 is 7.55. The van der Waals surface area contributed by atoms with Gasteiger partial charge in [0.25, 0.3) is 0 Å². The summed E-state index contributed by atoms with van der Waals surface area (Å²) in [6.07, 6.45) is 6.96. The second-order valence-corrected chi connectivity index (χ2v) is 4.66. The molecule has 0 N–H and O–H groups in total. The molecule has 94 valence electrons. The van der Waals surface area contributed by atoms with E-state index in [-0.39, 0.29) is 6.23 Å². The maximum absolute atomic E-state index is 5.82. The Morgan fingerprint density at radius 3 is 3.11 bits per heavy atom. The van der Waals surface area contributed by atoms with E-state index in [2.05, 4.69) is 15.3 Å². The molecule has 1 atom stereocenters. The quantitative estimate of drug-likeness (QED) is 0.837. The Balaban J connectivity index is 1.84. The minimum atomic E-state index is 0.0535. The zero-order chi connectivity index (χ0) is 12.4. The molecule has 1 aliphatic heterocycles. The van der Waals surface area contributed by atoms with E-state index in [1.807, 2.05) is 16.9 Å². The van der Waals surface area contributed by atoms with Crippen LogP contribution in [0.3, 0.4) is 0 Å². The Hall–Kier alpha value is -1.46. The number of rotatable bonds is 2. The summed E-state index contributed by atoms with van der Waals surface area (Å²) >= 11 is 5.82. The van der Waals surface area contributed by atoms with Crippen LogP contribution in [0.5, 0.6) is 0 Å². The lowest BCUT2D eigenvalue weighted by atomic mass is 10.2. The van der Waals surface area contributed by atoms with Crippen LogP contribution >= 0.6 is 11.6 Å². The highest BCUT2D eigenvalue weighted by Gasteiger charge is 2.16. The van der Waals surface area contributed by atoms with Gasteiger partial charge in [-0.05, 0) is 31.4 Å². The van der Waals surface area contributed by atoms with E-state index < -0.39 is 0 Å². The molecule has 1 saturated heterocycles. The Bertz CT molecular complexity index is 536. The Labute approximate surface area is 110 Å². The van der Waals surface area contributed by atoms with Gasteiger partial charge in [-0.15, -0.1) is 5.10 Å². The third-order valence-electron chi connectivity index (χ3n) is 2.98. The molecule has 0 spiro atoms. The van der Waals surface area contributed by atoms with E-state index in [4.69, 9.17) is 16.3 Å². The van der Waals surface area contributed by atoms with Crippen LogP contribution in [0.15, 0.2) is 24.5 Å². The van der Waals surface area contributed by atoms with Gasteiger partial charge in [-0.25, -0.2) is 4.68 Å². The first-order chi connectivity index (χ1) is 8.83. The van der Waals surface area contributed by atoms with Crippen LogP contribution in [0.4, 0.5) is 0 Å². The summed E-state index contributed by atoms with van der Waals surface area (Å²) in [5.41, 5.74) is 1.70. The molecule has 0 aromatic carbocycles. The smallest absolute Gasteiger partial charge is 0.152 e. The van der Waals surface area contributed by atoms with Crippen molar-refractivity contribution in [3.05, 3.63) is 29.7 Å². The summed E-state index contributed by atoms with van der Waals surface area (Å²) in [5.74, 6) is 0. The van der Waals surface area contributed by atoms with Gasteiger partial charge < -0.3 is 4.74 Å². The van der Waals surface area contributed by atoms with Gasteiger partial charge in [0.05, 0.1) is 11.9 Å². The molecule has 3 heterocycles. The first-order valence-corrected chi connectivity index (χ1v) is 6.36. The number of aromatic nitrogens is 4. The molecule has 6 heteroatoms. The van der Waals surface area contributed by atoms with Crippen molar-refractivity contribution in [2.75, 3.05) is 6.61 Å². The van der Waals surface area contributed by atoms with Crippen molar-refractivity contribution in [1.82, 2.24) is 20.0 Å². The van der Waals surface area contributed by atoms with Crippen LogP contribution < -0.4 is 0 Å². The second-order valence-electron chi connectivity index (χ2n) is 4.27. The van der Waals surface area contributed by atoms with Crippen LogP contribution in [0.2, 0.25) is 5.15 Å². The van der Waals surface area contributed by atoms with Gasteiger partial charge in [0.1, 0.15) is 6.23 Å². The van der Waals surface area contributed by atoms with E-state index in [0.717, 1.165) is 30.7 Å². The molecule has 0 radical (unpaired) electrons. The highest BCUT2D eigenvalue weighted by Crippen LogP contribution is 2.24. The molecule has 1 aliphatic rings. The van der Waals surface area contributed by atoms with E-state index >= 15 is 0 Å². The van der Waals surface area contributed by atoms with Gasteiger partial charge in [0, 0.05) is 18.4 Å². The lowest BCUT2D eigenvalue weighted by molar-refractivity contribution is -0.0393.